The Hall–Kier alpha value is -1.41. The maximum Gasteiger partial charge on any atom is 0.0575 e. The summed E-state index contributed by atoms with van der Waals surface area (Å²) in [7, 11) is 0. The van der Waals surface area contributed by atoms with E-state index in [1.165, 1.54) is 0 Å². The van der Waals surface area contributed by atoms with Crippen molar-refractivity contribution in [2.24, 2.45) is 0 Å². The molecule has 0 N–H and O–H groups in total. The van der Waals surface area contributed by atoms with Crippen molar-refractivity contribution in [3.8, 4) is 11.1 Å². The third-order valence-electron chi connectivity index (χ3n) is 2.02. The average molecular weight is 205 g/mol. The largest absolute Gasteiger partial charge is 0.159 e. The fourth-order valence-electron chi connectivity index (χ4n) is 1.30. The van der Waals surface area contributed by atoms with Gasteiger partial charge in [0.2, 0.25) is 0 Å². The lowest BCUT2D eigenvalue weighted by Gasteiger charge is -2.03. The van der Waals surface area contributed by atoms with Gasteiger partial charge < -0.3 is 0 Å². The van der Waals surface area contributed by atoms with E-state index in [4.69, 9.17) is 11.6 Å². The molecule has 2 aromatic rings. The summed E-state index contributed by atoms with van der Waals surface area (Å²) in [6.07, 6.45) is 3.36. The molecular weight excluding hydrogens is 196 g/mol. The van der Waals surface area contributed by atoms with Crippen LogP contribution in [0.5, 0.6) is 0 Å². The highest BCUT2D eigenvalue weighted by Crippen LogP contribution is 2.27. The first kappa shape index (κ1) is 9.16. The van der Waals surface area contributed by atoms with E-state index in [0.29, 0.717) is 0 Å². The quantitative estimate of drug-likeness (QED) is 0.714. The molecule has 2 nitrogen and oxygen atoms in total. The van der Waals surface area contributed by atoms with E-state index in [9.17, 15) is 0 Å². The van der Waals surface area contributed by atoms with Crippen molar-refractivity contribution in [1.29, 1.82) is 0 Å². The third kappa shape index (κ3) is 1.75. The Bertz CT molecular complexity index is 440. The molecule has 0 aliphatic rings. The predicted molar refractivity (Wildman–Crippen MR) is 57.2 cm³/mol. The fraction of sp³-hybridized carbons (Fsp3) is 0.0909. The minimum atomic E-state index is 0.748. The molecule has 0 aliphatic heterocycles. The van der Waals surface area contributed by atoms with E-state index in [-0.39, 0.29) is 0 Å². The van der Waals surface area contributed by atoms with Crippen molar-refractivity contribution < 1.29 is 0 Å². The number of benzene rings is 1. The van der Waals surface area contributed by atoms with Crippen LogP contribution in [0.15, 0.2) is 36.7 Å². The second-order valence-corrected chi connectivity index (χ2v) is 3.52. The van der Waals surface area contributed by atoms with Crippen LogP contribution in [0.2, 0.25) is 5.02 Å². The summed E-state index contributed by atoms with van der Waals surface area (Å²) in [6.45, 7) is 2.01. The van der Waals surface area contributed by atoms with E-state index in [0.717, 1.165) is 21.7 Å². The van der Waals surface area contributed by atoms with E-state index in [1.807, 2.05) is 31.2 Å². The molecule has 1 aromatic heterocycles. The molecule has 0 fully saturated rings. The lowest BCUT2D eigenvalue weighted by atomic mass is 10.1. The highest BCUT2D eigenvalue weighted by atomic mass is 35.5. The minimum Gasteiger partial charge on any atom is -0.159 e. The molecule has 0 radical (unpaired) electrons. The van der Waals surface area contributed by atoms with Crippen LogP contribution in [0, 0.1) is 6.92 Å². The van der Waals surface area contributed by atoms with E-state index in [2.05, 4.69) is 10.2 Å². The van der Waals surface area contributed by atoms with Crippen molar-refractivity contribution in [2.45, 2.75) is 6.92 Å². The minimum absolute atomic E-state index is 0.748. The Labute approximate surface area is 87.6 Å². The molecule has 3 heteroatoms. The maximum atomic E-state index is 6.12. The summed E-state index contributed by atoms with van der Waals surface area (Å²) < 4.78 is 0. The molecule has 1 heterocycles. The van der Waals surface area contributed by atoms with Crippen molar-refractivity contribution in [1.82, 2.24) is 10.2 Å². The van der Waals surface area contributed by atoms with Crippen LogP contribution in [-0.2, 0) is 0 Å². The lowest BCUT2D eigenvalue weighted by molar-refractivity contribution is 1.03. The van der Waals surface area contributed by atoms with Gasteiger partial charge in [-0.05, 0) is 24.6 Å². The van der Waals surface area contributed by atoms with Crippen LogP contribution in [0.3, 0.4) is 0 Å². The van der Waals surface area contributed by atoms with E-state index >= 15 is 0 Å². The zero-order chi connectivity index (χ0) is 9.97. The zero-order valence-corrected chi connectivity index (χ0v) is 8.49. The molecule has 2 rings (SSSR count). The molecule has 0 amide bonds. The highest BCUT2D eigenvalue weighted by Gasteiger charge is 2.02. The van der Waals surface area contributed by atoms with Crippen LogP contribution < -0.4 is 0 Å². The van der Waals surface area contributed by atoms with Crippen molar-refractivity contribution >= 4 is 11.6 Å². The summed E-state index contributed by atoms with van der Waals surface area (Å²) in [6, 6.07) is 7.86. The molecule has 1 aromatic carbocycles. The SMILES string of the molecule is Cc1ccc(-c2ccnnc2)c(Cl)c1. The van der Waals surface area contributed by atoms with Gasteiger partial charge in [0.15, 0.2) is 0 Å². The van der Waals surface area contributed by atoms with Gasteiger partial charge in [0.25, 0.3) is 0 Å². The van der Waals surface area contributed by atoms with Crippen molar-refractivity contribution in [3.05, 3.63) is 47.2 Å². The van der Waals surface area contributed by atoms with Gasteiger partial charge in [-0.1, -0.05) is 23.7 Å². The van der Waals surface area contributed by atoms with Crippen LogP contribution in [-0.4, -0.2) is 10.2 Å². The first-order valence-electron chi connectivity index (χ1n) is 4.30. The summed E-state index contributed by atoms with van der Waals surface area (Å²) in [4.78, 5) is 0. The smallest absolute Gasteiger partial charge is 0.0575 e. The highest BCUT2D eigenvalue weighted by molar-refractivity contribution is 6.33. The Balaban J connectivity index is 2.53. The van der Waals surface area contributed by atoms with Crippen molar-refractivity contribution in [2.75, 3.05) is 0 Å². The number of aromatic nitrogens is 2. The van der Waals surface area contributed by atoms with Crippen LogP contribution in [0.4, 0.5) is 0 Å². The summed E-state index contributed by atoms with van der Waals surface area (Å²) in [5.41, 5.74) is 3.14. The average Bonchev–Trinajstić information content (AvgIpc) is 2.19. The van der Waals surface area contributed by atoms with Gasteiger partial charge in [-0.15, -0.1) is 0 Å². The van der Waals surface area contributed by atoms with Gasteiger partial charge in [0.1, 0.15) is 0 Å². The number of aryl methyl sites for hydroxylation is 1. The van der Waals surface area contributed by atoms with Gasteiger partial charge in [-0.25, -0.2) is 0 Å². The Morgan fingerprint density at radius 3 is 2.64 bits per heavy atom. The first-order chi connectivity index (χ1) is 6.77. The molecule has 14 heavy (non-hydrogen) atoms. The molecule has 0 saturated heterocycles. The molecule has 70 valence electrons. The standard InChI is InChI=1S/C11H9ClN2/c1-8-2-3-10(11(12)6-8)9-4-5-13-14-7-9/h2-7H,1H3. The zero-order valence-electron chi connectivity index (χ0n) is 7.74. The topological polar surface area (TPSA) is 25.8 Å². The number of halogens is 1. The molecule has 0 atom stereocenters. The molecule has 0 unspecified atom stereocenters. The monoisotopic (exact) mass is 204 g/mol. The van der Waals surface area contributed by atoms with Crippen molar-refractivity contribution in [3.63, 3.8) is 0 Å². The van der Waals surface area contributed by atoms with Gasteiger partial charge >= 0.3 is 0 Å². The summed E-state index contributed by atoms with van der Waals surface area (Å²) in [5.74, 6) is 0. The molecule has 0 bridgehead atoms. The summed E-state index contributed by atoms with van der Waals surface area (Å²) in [5, 5.41) is 8.29. The Morgan fingerprint density at radius 1 is 1.14 bits per heavy atom. The second kappa shape index (κ2) is 3.76. The Kier molecular flexibility index (Phi) is 2.46. The maximum absolute atomic E-state index is 6.12. The second-order valence-electron chi connectivity index (χ2n) is 3.11. The number of hydrogen-bond donors (Lipinski definition) is 0. The Morgan fingerprint density at radius 2 is 2.00 bits per heavy atom. The molecule has 0 aliphatic carbocycles. The number of hydrogen-bond acceptors (Lipinski definition) is 2. The molecule has 0 spiro atoms. The fourth-order valence-corrected chi connectivity index (χ4v) is 1.65. The van der Waals surface area contributed by atoms with Crippen LogP contribution >= 0.6 is 11.6 Å². The van der Waals surface area contributed by atoms with Crippen LogP contribution in [0.25, 0.3) is 11.1 Å². The van der Waals surface area contributed by atoms with E-state index in [1.54, 1.807) is 12.4 Å². The summed E-state index contributed by atoms with van der Waals surface area (Å²) >= 11 is 6.12. The molecular formula is C11H9ClN2. The van der Waals surface area contributed by atoms with Gasteiger partial charge in [-0.2, -0.15) is 10.2 Å². The van der Waals surface area contributed by atoms with Gasteiger partial charge in [0, 0.05) is 16.1 Å². The van der Waals surface area contributed by atoms with Gasteiger partial charge in [-0.3, -0.25) is 0 Å². The predicted octanol–water partition coefficient (Wildman–Crippen LogP) is 3.11. The number of rotatable bonds is 1. The molecule has 0 saturated carbocycles. The normalized spacial score (nSPS) is 10.1. The van der Waals surface area contributed by atoms with Gasteiger partial charge in [0.05, 0.1) is 12.4 Å². The van der Waals surface area contributed by atoms with E-state index < -0.39 is 0 Å². The third-order valence-corrected chi connectivity index (χ3v) is 2.33. The lowest BCUT2D eigenvalue weighted by Crippen LogP contribution is -1.84. The first-order valence-corrected chi connectivity index (χ1v) is 4.68. The van der Waals surface area contributed by atoms with Crippen LogP contribution in [0.1, 0.15) is 5.56 Å². The number of nitrogens with zero attached hydrogens (tertiary/aromatic N) is 2.